The van der Waals surface area contributed by atoms with Crippen LogP contribution in [0.5, 0.6) is 0 Å². The van der Waals surface area contributed by atoms with Gasteiger partial charge in [0.1, 0.15) is 6.61 Å². The number of hydrogen-bond donors (Lipinski definition) is 1. The van der Waals surface area contributed by atoms with E-state index in [1.54, 1.807) is 6.07 Å². The van der Waals surface area contributed by atoms with E-state index < -0.39 is 0 Å². The maximum absolute atomic E-state index is 11.9. The van der Waals surface area contributed by atoms with Crippen LogP contribution in [0.25, 0.3) is 0 Å². The van der Waals surface area contributed by atoms with Crippen LogP contribution in [0.1, 0.15) is 29.0 Å². The highest BCUT2D eigenvalue weighted by molar-refractivity contribution is 5.78. The molecule has 1 atom stereocenters. The first kappa shape index (κ1) is 17.6. The predicted octanol–water partition coefficient (Wildman–Crippen LogP) is 2.40. The lowest BCUT2D eigenvalue weighted by Crippen LogP contribution is -2.30. The van der Waals surface area contributed by atoms with Crippen molar-refractivity contribution in [1.82, 2.24) is 10.5 Å². The quantitative estimate of drug-likeness (QED) is 0.796. The Morgan fingerprint density at radius 3 is 2.92 bits per heavy atom. The fraction of sp³-hybridized carbons (Fsp3) is 0.474. The monoisotopic (exact) mass is 344 g/mol. The minimum Gasteiger partial charge on any atom is -0.381 e. The molecule has 0 radical (unpaired) electrons. The number of rotatable bonds is 8. The summed E-state index contributed by atoms with van der Waals surface area (Å²) >= 11 is 0. The van der Waals surface area contributed by atoms with Crippen LogP contribution >= 0.6 is 0 Å². The van der Waals surface area contributed by atoms with Gasteiger partial charge in [-0.3, -0.25) is 4.79 Å². The number of nitrogens with zero attached hydrogens (tertiary/aromatic N) is 1. The van der Waals surface area contributed by atoms with Gasteiger partial charge in [0.25, 0.3) is 0 Å². The van der Waals surface area contributed by atoms with Crippen LogP contribution in [0.4, 0.5) is 0 Å². The van der Waals surface area contributed by atoms with Crippen molar-refractivity contribution >= 4 is 5.91 Å². The lowest BCUT2D eigenvalue weighted by molar-refractivity contribution is -0.120. The molecule has 1 aromatic heterocycles. The van der Waals surface area contributed by atoms with Gasteiger partial charge in [-0.15, -0.1) is 0 Å². The topological polar surface area (TPSA) is 73.6 Å². The van der Waals surface area contributed by atoms with Crippen molar-refractivity contribution in [2.45, 2.75) is 33.0 Å². The third kappa shape index (κ3) is 5.69. The summed E-state index contributed by atoms with van der Waals surface area (Å²) in [7, 11) is 0. The molecule has 1 aliphatic rings. The highest BCUT2D eigenvalue weighted by Crippen LogP contribution is 2.11. The number of hydrogen-bond acceptors (Lipinski definition) is 5. The van der Waals surface area contributed by atoms with Gasteiger partial charge in [-0.1, -0.05) is 35.0 Å². The van der Waals surface area contributed by atoms with Crippen LogP contribution in [0.3, 0.4) is 0 Å². The molecule has 2 heterocycles. The van der Waals surface area contributed by atoms with Crippen molar-refractivity contribution in [3.8, 4) is 0 Å². The number of aryl methyl sites for hydroxylation is 1. The Kier molecular flexibility index (Phi) is 6.19. The number of carbonyl (C=O) groups excluding carboxylic acids is 1. The molecule has 0 saturated carbocycles. The van der Waals surface area contributed by atoms with E-state index in [9.17, 15) is 4.79 Å². The maximum Gasteiger partial charge on any atom is 0.226 e. The van der Waals surface area contributed by atoms with Crippen LogP contribution in [0.15, 0.2) is 34.9 Å². The van der Waals surface area contributed by atoms with Crippen molar-refractivity contribution in [2.75, 3.05) is 19.8 Å². The standard InChI is InChI=1S/C19H24N2O4/c1-14-2-4-15(5-3-14)11-24-13-18-8-17(21-25-18)9-19(22)20-10-16-6-7-23-12-16/h2-5,8,16H,6-7,9-13H2,1H3,(H,20,22). The second kappa shape index (κ2) is 8.78. The molecule has 1 aliphatic heterocycles. The first-order valence-electron chi connectivity index (χ1n) is 8.61. The molecule has 25 heavy (non-hydrogen) atoms. The van der Waals surface area contributed by atoms with Crippen LogP contribution in [-0.2, 0) is 33.9 Å². The summed E-state index contributed by atoms with van der Waals surface area (Å²) in [5.74, 6) is 0.999. The zero-order valence-corrected chi connectivity index (χ0v) is 14.5. The molecule has 0 bridgehead atoms. The van der Waals surface area contributed by atoms with Gasteiger partial charge in [0.15, 0.2) is 5.76 Å². The summed E-state index contributed by atoms with van der Waals surface area (Å²) < 4.78 is 16.1. The average Bonchev–Trinajstić information content (AvgIpc) is 3.27. The zero-order chi connectivity index (χ0) is 17.5. The van der Waals surface area contributed by atoms with Gasteiger partial charge in [0.05, 0.1) is 25.3 Å². The van der Waals surface area contributed by atoms with Crippen LogP contribution in [0, 0.1) is 12.8 Å². The number of carbonyl (C=O) groups is 1. The van der Waals surface area contributed by atoms with Crippen LogP contribution < -0.4 is 5.32 Å². The molecule has 0 aliphatic carbocycles. The second-order valence-corrected chi connectivity index (χ2v) is 6.47. The minimum absolute atomic E-state index is 0.0488. The molecule has 1 fully saturated rings. The molecule has 0 spiro atoms. The molecule has 6 heteroatoms. The summed E-state index contributed by atoms with van der Waals surface area (Å²) in [6, 6.07) is 9.97. The highest BCUT2D eigenvalue weighted by Gasteiger charge is 2.17. The SMILES string of the molecule is Cc1ccc(COCc2cc(CC(=O)NCC3CCOC3)no2)cc1. The van der Waals surface area contributed by atoms with Crippen molar-refractivity contribution in [3.63, 3.8) is 0 Å². The Morgan fingerprint density at radius 2 is 2.16 bits per heavy atom. The van der Waals surface area contributed by atoms with Crippen molar-refractivity contribution in [3.05, 3.63) is 52.9 Å². The number of amides is 1. The smallest absolute Gasteiger partial charge is 0.226 e. The van der Waals surface area contributed by atoms with E-state index in [-0.39, 0.29) is 12.3 Å². The first-order valence-corrected chi connectivity index (χ1v) is 8.61. The maximum atomic E-state index is 11.9. The fourth-order valence-corrected chi connectivity index (χ4v) is 2.69. The molecular weight excluding hydrogens is 320 g/mol. The Morgan fingerprint density at radius 1 is 1.32 bits per heavy atom. The summed E-state index contributed by atoms with van der Waals surface area (Å²) in [5, 5.41) is 6.85. The lowest BCUT2D eigenvalue weighted by Gasteiger charge is -2.08. The third-order valence-corrected chi connectivity index (χ3v) is 4.19. The Hall–Kier alpha value is -2.18. The van der Waals surface area contributed by atoms with Crippen molar-refractivity contribution in [1.29, 1.82) is 0 Å². The van der Waals surface area contributed by atoms with Gasteiger partial charge in [0, 0.05) is 25.1 Å². The summed E-state index contributed by atoms with van der Waals surface area (Å²) in [5.41, 5.74) is 2.96. The minimum atomic E-state index is -0.0488. The van der Waals surface area contributed by atoms with Gasteiger partial charge in [-0.05, 0) is 18.9 Å². The van der Waals surface area contributed by atoms with Crippen LogP contribution in [0.2, 0.25) is 0 Å². The van der Waals surface area contributed by atoms with E-state index in [1.165, 1.54) is 5.56 Å². The molecule has 6 nitrogen and oxygen atoms in total. The molecule has 1 amide bonds. The molecular formula is C19H24N2O4. The van der Waals surface area contributed by atoms with Gasteiger partial charge in [-0.25, -0.2) is 0 Å². The van der Waals surface area contributed by atoms with Gasteiger partial charge in [0.2, 0.25) is 5.91 Å². The third-order valence-electron chi connectivity index (χ3n) is 4.19. The first-order chi connectivity index (χ1) is 12.2. The summed E-state index contributed by atoms with van der Waals surface area (Å²) in [4.78, 5) is 11.9. The number of ether oxygens (including phenoxy) is 2. The van der Waals surface area contributed by atoms with E-state index in [0.717, 1.165) is 25.2 Å². The fourth-order valence-electron chi connectivity index (χ4n) is 2.69. The van der Waals surface area contributed by atoms with Gasteiger partial charge < -0.3 is 19.3 Å². The van der Waals surface area contributed by atoms with E-state index in [1.807, 2.05) is 12.1 Å². The van der Waals surface area contributed by atoms with Crippen LogP contribution in [-0.4, -0.2) is 30.8 Å². The number of aromatic nitrogens is 1. The normalized spacial score (nSPS) is 16.9. The van der Waals surface area contributed by atoms with Gasteiger partial charge in [-0.2, -0.15) is 0 Å². The van der Waals surface area contributed by atoms with E-state index in [4.69, 9.17) is 14.0 Å². The Balaban J connectivity index is 1.37. The largest absolute Gasteiger partial charge is 0.381 e. The predicted molar refractivity (Wildman–Crippen MR) is 91.8 cm³/mol. The summed E-state index contributed by atoms with van der Waals surface area (Å²) in [6.07, 6.45) is 1.22. The van der Waals surface area contributed by atoms with E-state index >= 15 is 0 Å². The van der Waals surface area contributed by atoms with E-state index in [0.29, 0.717) is 37.1 Å². The highest BCUT2D eigenvalue weighted by atomic mass is 16.5. The van der Waals surface area contributed by atoms with E-state index in [2.05, 4.69) is 29.5 Å². The lowest BCUT2D eigenvalue weighted by atomic mass is 10.1. The second-order valence-electron chi connectivity index (χ2n) is 6.47. The molecule has 1 unspecified atom stereocenters. The number of nitrogens with one attached hydrogen (secondary N) is 1. The van der Waals surface area contributed by atoms with Crippen molar-refractivity contribution in [2.24, 2.45) is 5.92 Å². The van der Waals surface area contributed by atoms with Crippen molar-refractivity contribution < 1.29 is 18.8 Å². The molecule has 3 rings (SSSR count). The number of benzene rings is 1. The van der Waals surface area contributed by atoms with Gasteiger partial charge >= 0.3 is 0 Å². The molecule has 2 aromatic rings. The molecule has 1 saturated heterocycles. The molecule has 134 valence electrons. The molecule has 1 N–H and O–H groups in total. The summed E-state index contributed by atoms with van der Waals surface area (Å²) in [6.45, 7) is 5.08. The Labute approximate surface area is 147 Å². The molecule has 1 aromatic carbocycles. The zero-order valence-electron chi connectivity index (χ0n) is 14.5. The Bertz CT molecular complexity index is 675. The average molecular weight is 344 g/mol.